The van der Waals surface area contributed by atoms with E-state index in [4.69, 9.17) is 0 Å². The Bertz CT molecular complexity index is 509. The van der Waals surface area contributed by atoms with Crippen LogP contribution in [0, 0.1) is 5.92 Å². The second kappa shape index (κ2) is 6.20. The third-order valence-corrected chi connectivity index (χ3v) is 4.02. The summed E-state index contributed by atoms with van der Waals surface area (Å²) in [7, 11) is 0. The van der Waals surface area contributed by atoms with Crippen molar-refractivity contribution in [3.63, 3.8) is 0 Å². The summed E-state index contributed by atoms with van der Waals surface area (Å²) in [6, 6.07) is 11.2. The minimum absolute atomic E-state index is 0.545. The molecule has 2 heterocycles. The predicted octanol–water partition coefficient (Wildman–Crippen LogP) is 2.02. The number of H-pyrrole nitrogens is 1. The number of imidazole rings is 1. The Hall–Kier alpha value is -1.65. The molecule has 1 aromatic heterocycles. The molecule has 2 aromatic rings. The molecule has 2 atom stereocenters. The largest absolute Gasteiger partial charge is 0.348 e. The van der Waals surface area contributed by atoms with Gasteiger partial charge in [-0.1, -0.05) is 37.3 Å². The van der Waals surface area contributed by atoms with Gasteiger partial charge in [-0.05, 0) is 11.5 Å². The smallest absolute Gasteiger partial charge is 0.120 e. The summed E-state index contributed by atoms with van der Waals surface area (Å²) < 4.78 is 0. The summed E-state index contributed by atoms with van der Waals surface area (Å²) in [6.45, 7) is 6.46. The first-order valence-corrected chi connectivity index (χ1v) is 7.29. The molecule has 0 amide bonds. The molecule has 4 nitrogen and oxygen atoms in total. The minimum atomic E-state index is 0.545. The van der Waals surface area contributed by atoms with Crippen molar-refractivity contribution in [3.05, 3.63) is 54.1 Å². The van der Waals surface area contributed by atoms with Crippen LogP contribution >= 0.6 is 0 Å². The summed E-state index contributed by atoms with van der Waals surface area (Å²) in [4.78, 5) is 9.92. The number of benzene rings is 1. The third kappa shape index (κ3) is 3.26. The van der Waals surface area contributed by atoms with Gasteiger partial charge in [-0.3, -0.25) is 4.90 Å². The minimum Gasteiger partial charge on any atom is -0.348 e. The maximum Gasteiger partial charge on any atom is 0.120 e. The van der Waals surface area contributed by atoms with Crippen LogP contribution in [0.2, 0.25) is 0 Å². The van der Waals surface area contributed by atoms with Gasteiger partial charge < -0.3 is 10.3 Å². The van der Waals surface area contributed by atoms with Crippen molar-refractivity contribution >= 4 is 0 Å². The fourth-order valence-electron chi connectivity index (χ4n) is 2.93. The highest BCUT2D eigenvalue weighted by Crippen LogP contribution is 2.19. The van der Waals surface area contributed by atoms with E-state index >= 15 is 0 Å². The van der Waals surface area contributed by atoms with Crippen LogP contribution in [0.5, 0.6) is 0 Å². The molecular formula is C16H22N4. The molecular weight excluding hydrogens is 248 g/mol. The maximum absolute atomic E-state index is 4.26. The Morgan fingerprint density at radius 1 is 1.30 bits per heavy atom. The number of hydrogen-bond acceptors (Lipinski definition) is 3. The van der Waals surface area contributed by atoms with E-state index in [1.165, 1.54) is 5.56 Å². The van der Waals surface area contributed by atoms with Crippen LogP contribution in [0.4, 0.5) is 0 Å². The van der Waals surface area contributed by atoms with Crippen molar-refractivity contribution in [3.8, 4) is 0 Å². The number of aromatic amines is 1. The quantitative estimate of drug-likeness (QED) is 0.873. The van der Waals surface area contributed by atoms with Crippen LogP contribution in [-0.4, -0.2) is 34.0 Å². The normalized spacial score (nSPS) is 23.2. The lowest BCUT2D eigenvalue weighted by molar-refractivity contribution is 0.316. The van der Waals surface area contributed by atoms with Crippen LogP contribution < -0.4 is 5.32 Å². The molecule has 1 saturated heterocycles. The van der Waals surface area contributed by atoms with Gasteiger partial charge in [-0.25, -0.2) is 4.98 Å². The van der Waals surface area contributed by atoms with Crippen LogP contribution in [0.1, 0.15) is 18.3 Å². The third-order valence-electron chi connectivity index (χ3n) is 4.02. The fourth-order valence-corrected chi connectivity index (χ4v) is 2.93. The van der Waals surface area contributed by atoms with Gasteiger partial charge in [0.05, 0.1) is 6.54 Å². The monoisotopic (exact) mass is 270 g/mol. The van der Waals surface area contributed by atoms with Gasteiger partial charge in [-0.2, -0.15) is 0 Å². The summed E-state index contributed by atoms with van der Waals surface area (Å²) in [5, 5.41) is 3.61. The fraction of sp³-hybridized carbons (Fsp3) is 0.438. The van der Waals surface area contributed by atoms with Gasteiger partial charge in [0.25, 0.3) is 0 Å². The molecule has 3 rings (SSSR count). The summed E-state index contributed by atoms with van der Waals surface area (Å²) in [5.74, 6) is 1.69. The first-order valence-electron chi connectivity index (χ1n) is 7.29. The number of nitrogens with one attached hydrogen (secondary N) is 2. The molecule has 1 aliphatic heterocycles. The second-order valence-corrected chi connectivity index (χ2v) is 5.68. The van der Waals surface area contributed by atoms with Crippen molar-refractivity contribution in [2.45, 2.75) is 26.1 Å². The molecule has 0 aliphatic carbocycles. The average molecular weight is 270 g/mol. The highest BCUT2D eigenvalue weighted by molar-refractivity contribution is 5.14. The number of rotatable bonds is 5. The number of aromatic nitrogens is 2. The lowest BCUT2D eigenvalue weighted by Gasteiger charge is -2.16. The summed E-state index contributed by atoms with van der Waals surface area (Å²) in [6.07, 6.45) is 3.67. The van der Waals surface area contributed by atoms with Crippen molar-refractivity contribution in [1.29, 1.82) is 0 Å². The highest BCUT2D eigenvalue weighted by atomic mass is 15.2. The molecule has 4 heteroatoms. The lowest BCUT2D eigenvalue weighted by atomic mass is 10.1. The standard InChI is InChI=1S/C16H22N4/c1-13-10-20(11-14-5-3-2-4-6-14)12-15(13)19-9-16-17-7-8-18-16/h2-8,13,15,19H,9-12H2,1H3,(H,17,18)/t13-,15-/m0/s1. The molecule has 0 unspecified atom stereocenters. The molecule has 1 aliphatic rings. The van der Waals surface area contributed by atoms with Crippen LogP contribution in [0.15, 0.2) is 42.7 Å². The highest BCUT2D eigenvalue weighted by Gasteiger charge is 2.28. The summed E-state index contributed by atoms with van der Waals surface area (Å²) in [5.41, 5.74) is 1.39. The molecule has 106 valence electrons. The molecule has 0 radical (unpaired) electrons. The maximum atomic E-state index is 4.26. The van der Waals surface area contributed by atoms with E-state index in [1.54, 1.807) is 6.20 Å². The van der Waals surface area contributed by atoms with Gasteiger partial charge in [0.15, 0.2) is 0 Å². The Kier molecular flexibility index (Phi) is 4.14. The van der Waals surface area contributed by atoms with Gasteiger partial charge >= 0.3 is 0 Å². The van der Waals surface area contributed by atoms with E-state index in [2.05, 4.69) is 57.4 Å². The number of nitrogens with zero attached hydrogens (tertiary/aromatic N) is 2. The Morgan fingerprint density at radius 2 is 2.15 bits per heavy atom. The van der Waals surface area contributed by atoms with E-state index in [0.717, 1.165) is 32.0 Å². The van der Waals surface area contributed by atoms with Crippen LogP contribution in [-0.2, 0) is 13.1 Å². The SMILES string of the molecule is C[C@H]1CN(Cc2ccccc2)C[C@@H]1NCc1ncc[nH]1. The Morgan fingerprint density at radius 3 is 2.90 bits per heavy atom. The Balaban J connectivity index is 1.51. The first kappa shape index (κ1) is 13.3. The van der Waals surface area contributed by atoms with E-state index in [9.17, 15) is 0 Å². The Labute approximate surface area is 120 Å². The number of likely N-dealkylation sites (tertiary alicyclic amines) is 1. The predicted molar refractivity (Wildman–Crippen MR) is 80.1 cm³/mol. The zero-order valence-corrected chi connectivity index (χ0v) is 11.9. The molecule has 20 heavy (non-hydrogen) atoms. The topological polar surface area (TPSA) is 44.0 Å². The molecule has 0 saturated carbocycles. The van der Waals surface area contributed by atoms with Crippen molar-refractivity contribution < 1.29 is 0 Å². The van der Waals surface area contributed by atoms with Crippen molar-refractivity contribution in [2.24, 2.45) is 5.92 Å². The average Bonchev–Trinajstić information content (AvgIpc) is 3.08. The van der Waals surface area contributed by atoms with Crippen LogP contribution in [0.3, 0.4) is 0 Å². The molecule has 1 fully saturated rings. The van der Waals surface area contributed by atoms with E-state index in [1.807, 2.05) is 6.20 Å². The zero-order chi connectivity index (χ0) is 13.8. The summed E-state index contributed by atoms with van der Waals surface area (Å²) >= 11 is 0. The van der Waals surface area contributed by atoms with E-state index in [0.29, 0.717) is 12.0 Å². The van der Waals surface area contributed by atoms with Crippen LogP contribution in [0.25, 0.3) is 0 Å². The molecule has 0 bridgehead atoms. The van der Waals surface area contributed by atoms with Gasteiger partial charge in [0.2, 0.25) is 0 Å². The van der Waals surface area contributed by atoms with Crippen molar-refractivity contribution in [1.82, 2.24) is 20.2 Å². The zero-order valence-electron chi connectivity index (χ0n) is 11.9. The molecule has 0 spiro atoms. The van der Waals surface area contributed by atoms with Gasteiger partial charge in [-0.15, -0.1) is 0 Å². The van der Waals surface area contributed by atoms with E-state index in [-0.39, 0.29) is 0 Å². The number of hydrogen-bond donors (Lipinski definition) is 2. The van der Waals surface area contributed by atoms with Crippen molar-refractivity contribution in [2.75, 3.05) is 13.1 Å². The first-order chi connectivity index (χ1) is 9.81. The second-order valence-electron chi connectivity index (χ2n) is 5.68. The van der Waals surface area contributed by atoms with Gasteiger partial charge in [0, 0.05) is 38.1 Å². The van der Waals surface area contributed by atoms with E-state index < -0.39 is 0 Å². The lowest BCUT2D eigenvalue weighted by Crippen LogP contribution is -2.35. The molecule has 1 aromatic carbocycles. The van der Waals surface area contributed by atoms with Gasteiger partial charge in [0.1, 0.15) is 5.82 Å². The molecule has 2 N–H and O–H groups in total.